The second kappa shape index (κ2) is 9.97. The molecule has 8 heteroatoms. The molecule has 0 atom stereocenters. The topological polar surface area (TPSA) is 67.8 Å². The van der Waals surface area contributed by atoms with E-state index in [0.29, 0.717) is 30.4 Å². The lowest BCUT2D eigenvalue weighted by atomic mass is 10.0. The lowest BCUT2D eigenvalue weighted by Crippen LogP contribution is -2.37. The highest BCUT2D eigenvalue weighted by Crippen LogP contribution is 2.27. The Labute approximate surface area is 210 Å². The van der Waals surface area contributed by atoms with Gasteiger partial charge in [-0.1, -0.05) is 36.8 Å². The van der Waals surface area contributed by atoms with Crippen LogP contribution in [0.15, 0.2) is 86.6 Å². The number of benzene rings is 2. The average Bonchev–Trinajstić information content (AvgIpc) is 3.52. The smallest absolute Gasteiger partial charge is 0.243 e. The summed E-state index contributed by atoms with van der Waals surface area (Å²) < 4.78 is 35.6. The first kappa shape index (κ1) is 23.8. The van der Waals surface area contributed by atoms with Crippen LogP contribution in [0, 0.1) is 12.8 Å². The molecule has 2 aromatic carbocycles. The van der Waals surface area contributed by atoms with Gasteiger partial charge in [-0.3, -0.25) is 0 Å². The van der Waals surface area contributed by atoms with Gasteiger partial charge in [0, 0.05) is 18.5 Å². The van der Waals surface area contributed by atoms with Gasteiger partial charge in [-0.2, -0.15) is 4.31 Å². The van der Waals surface area contributed by atoms with E-state index in [1.54, 1.807) is 34.0 Å². The summed E-state index contributed by atoms with van der Waals surface area (Å²) in [7, 11) is -3.48. The van der Waals surface area contributed by atoms with Crippen LogP contribution >= 0.6 is 11.3 Å². The van der Waals surface area contributed by atoms with Crippen LogP contribution in [0.3, 0.4) is 0 Å². The minimum atomic E-state index is -3.48. The predicted octanol–water partition coefficient (Wildman–Crippen LogP) is 5.82. The van der Waals surface area contributed by atoms with Crippen LogP contribution in [-0.2, 0) is 16.6 Å². The Morgan fingerprint density at radius 3 is 2.40 bits per heavy atom. The molecule has 0 N–H and O–H groups in total. The molecule has 3 heterocycles. The van der Waals surface area contributed by atoms with Crippen molar-refractivity contribution in [3.8, 4) is 11.3 Å². The molecular formula is C27H29N3O3S2. The van der Waals surface area contributed by atoms with Gasteiger partial charge in [-0.25, -0.2) is 13.4 Å². The SMILES string of the molecule is Cc1ccc(N=c2scc(-c3ccc(S(=O)(=O)N4CCC(C)CC4)cc3)n2Cc2ccco2)cc1. The van der Waals surface area contributed by atoms with Crippen molar-refractivity contribution in [2.75, 3.05) is 13.1 Å². The van der Waals surface area contributed by atoms with Crippen LogP contribution in [0.25, 0.3) is 11.3 Å². The molecule has 0 amide bonds. The Balaban J connectivity index is 1.49. The van der Waals surface area contributed by atoms with Crippen molar-refractivity contribution in [2.24, 2.45) is 10.9 Å². The van der Waals surface area contributed by atoms with E-state index in [-0.39, 0.29) is 0 Å². The Bertz CT molecular complexity index is 1440. The van der Waals surface area contributed by atoms with Crippen molar-refractivity contribution >= 4 is 27.0 Å². The molecule has 1 fully saturated rings. The molecule has 182 valence electrons. The van der Waals surface area contributed by atoms with E-state index in [9.17, 15) is 8.42 Å². The molecular weight excluding hydrogens is 478 g/mol. The molecule has 1 aliphatic heterocycles. The van der Waals surface area contributed by atoms with Crippen molar-refractivity contribution in [3.63, 3.8) is 0 Å². The molecule has 1 saturated heterocycles. The number of hydrogen-bond acceptors (Lipinski definition) is 5. The highest BCUT2D eigenvalue weighted by Gasteiger charge is 2.28. The summed E-state index contributed by atoms with van der Waals surface area (Å²) in [5, 5.41) is 2.06. The van der Waals surface area contributed by atoms with Gasteiger partial charge in [-0.15, -0.1) is 11.3 Å². The Hall–Kier alpha value is -2.94. The number of sulfonamides is 1. The van der Waals surface area contributed by atoms with E-state index in [2.05, 4.69) is 23.8 Å². The predicted molar refractivity (Wildman–Crippen MR) is 139 cm³/mol. The number of aromatic nitrogens is 1. The first-order valence-electron chi connectivity index (χ1n) is 11.8. The minimum absolute atomic E-state index is 0.341. The largest absolute Gasteiger partial charge is 0.467 e. The van der Waals surface area contributed by atoms with Crippen LogP contribution in [0.4, 0.5) is 5.69 Å². The zero-order chi connectivity index (χ0) is 24.4. The summed E-state index contributed by atoms with van der Waals surface area (Å²) >= 11 is 1.55. The molecule has 0 bridgehead atoms. The van der Waals surface area contributed by atoms with Gasteiger partial charge in [0.1, 0.15) is 5.76 Å². The van der Waals surface area contributed by atoms with Gasteiger partial charge in [0.15, 0.2) is 4.80 Å². The van der Waals surface area contributed by atoms with E-state index in [0.717, 1.165) is 40.3 Å². The van der Waals surface area contributed by atoms with Crippen LogP contribution in [-0.4, -0.2) is 30.4 Å². The Kier molecular flexibility index (Phi) is 6.77. The van der Waals surface area contributed by atoms with Crippen molar-refractivity contribution < 1.29 is 12.8 Å². The molecule has 0 radical (unpaired) electrons. The molecule has 5 rings (SSSR count). The van der Waals surface area contributed by atoms with Crippen molar-refractivity contribution in [2.45, 2.75) is 38.1 Å². The second-order valence-corrected chi connectivity index (χ2v) is 11.9. The highest BCUT2D eigenvalue weighted by atomic mass is 32.2. The molecule has 2 aromatic heterocycles. The third kappa shape index (κ3) is 5.19. The molecule has 4 aromatic rings. The van der Waals surface area contributed by atoms with Crippen LogP contribution in [0.5, 0.6) is 0 Å². The number of hydrogen-bond donors (Lipinski definition) is 0. The fraction of sp³-hybridized carbons (Fsp3) is 0.296. The average molecular weight is 508 g/mol. The van der Waals surface area contributed by atoms with Gasteiger partial charge < -0.3 is 8.98 Å². The quantitative estimate of drug-likeness (QED) is 0.330. The summed E-state index contributed by atoms with van der Waals surface area (Å²) in [6, 6.07) is 19.1. The normalized spacial score (nSPS) is 16.1. The first-order valence-corrected chi connectivity index (χ1v) is 14.1. The fourth-order valence-corrected chi connectivity index (χ4v) is 6.66. The van der Waals surface area contributed by atoms with Crippen molar-refractivity contribution in [3.05, 3.63) is 88.4 Å². The molecule has 0 saturated carbocycles. The van der Waals surface area contributed by atoms with Gasteiger partial charge in [-0.05, 0) is 67.6 Å². The Morgan fingerprint density at radius 2 is 1.74 bits per heavy atom. The monoisotopic (exact) mass is 507 g/mol. The first-order chi connectivity index (χ1) is 16.9. The van der Waals surface area contributed by atoms with Crippen LogP contribution in [0.1, 0.15) is 31.1 Å². The molecule has 0 spiro atoms. The molecule has 6 nitrogen and oxygen atoms in total. The maximum Gasteiger partial charge on any atom is 0.243 e. The number of nitrogens with zero attached hydrogens (tertiary/aromatic N) is 3. The number of aryl methyl sites for hydroxylation is 1. The van der Waals surface area contributed by atoms with E-state index in [4.69, 9.17) is 9.41 Å². The van der Waals surface area contributed by atoms with Crippen molar-refractivity contribution in [1.82, 2.24) is 8.87 Å². The maximum absolute atomic E-state index is 13.1. The van der Waals surface area contributed by atoms with Gasteiger partial charge in [0.05, 0.1) is 29.1 Å². The minimum Gasteiger partial charge on any atom is -0.467 e. The third-order valence-corrected chi connectivity index (χ3v) is 9.26. The summed E-state index contributed by atoms with van der Waals surface area (Å²) in [4.78, 5) is 6.06. The fourth-order valence-electron chi connectivity index (χ4n) is 4.26. The lowest BCUT2D eigenvalue weighted by molar-refractivity contribution is 0.288. The summed E-state index contributed by atoms with van der Waals surface area (Å²) in [5.74, 6) is 1.40. The van der Waals surface area contributed by atoms with Gasteiger partial charge in [0.2, 0.25) is 10.0 Å². The molecule has 0 unspecified atom stereocenters. The van der Waals surface area contributed by atoms with Gasteiger partial charge in [0.25, 0.3) is 0 Å². The summed E-state index contributed by atoms with van der Waals surface area (Å²) in [6.07, 6.45) is 3.48. The number of furan rings is 1. The van der Waals surface area contributed by atoms with Gasteiger partial charge >= 0.3 is 0 Å². The lowest BCUT2D eigenvalue weighted by Gasteiger charge is -2.29. The van der Waals surface area contributed by atoms with Crippen LogP contribution < -0.4 is 4.80 Å². The second-order valence-electron chi connectivity index (χ2n) is 9.13. The standard InChI is InChI=1S/C27H29N3O3S2/c1-20-5-9-23(10-6-20)28-27-30(18-24-4-3-17-33-24)26(19-34-27)22-7-11-25(12-8-22)35(31,32)29-15-13-21(2)14-16-29/h3-12,17,19,21H,13-16,18H2,1-2H3. The number of thiazole rings is 1. The zero-order valence-corrected chi connectivity index (χ0v) is 21.6. The third-order valence-electron chi connectivity index (χ3n) is 6.48. The van der Waals surface area contributed by atoms with E-state index in [1.165, 1.54) is 5.56 Å². The molecule has 35 heavy (non-hydrogen) atoms. The van der Waals surface area contributed by atoms with E-state index < -0.39 is 10.0 Å². The number of rotatable bonds is 6. The molecule has 0 aliphatic carbocycles. The summed E-state index contributed by atoms with van der Waals surface area (Å²) in [5.41, 5.74) is 3.97. The summed E-state index contributed by atoms with van der Waals surface area (Å²) in [6.45, 7) is 5.94. The van der Waals surface area contributed by atoms with Crippen LogP contribution in [0.2, 0.25) is 0 Å². The van der Waals surface area contributed by atoms with Crippen molar-refractivity contribution in [1.29, 1.82) is 0 Å². The molecule has 1 aliphatic rings. The van der Waals surface area contributed by atoms with E-state index >= 15 is 0 Å². The zero-order valence-electron chi connectivity index (χ0n) is 19.9. The van der Waals surface area contributed by atoms with E-state index in [1.807, 2.05) is 48.5 Å². The number of piperidine rings is 1. The highest BCUT2D eigenvalue weighted by molar-refractivity contribution is 7.89. The maximum atomic E-state index is 13.1. The Morgan fingerprint density at radius 1 is 1.03 bits per heavy atom.